The molecule has 2 aliphatic rings. The van der Waals surface area contributed by atoms with E-state index in [1.54, 1.807) is 53.3 Å². The van der Waals surface area contributed by atoms with Gasteiger partial charge in [-0.3, -0.25) is 9.59 Å². The maximum Gasteiger partial charge on any atom is 0.268 e. The van der Waals surface area contributed by atoms with Crippen LogP contribution in [0.5, 0.6) is 5.75 Å². The van der Waals surface area contributed by atoms with Crippen LogP contribution in [-0.2, 0) is 16.2 Å². The van der Waals surface area contributed by atoms with Gasteiger partial charge >= 0.3 is 0 Å². The molecule has 0 N–H and O–H groups in total. The van der Waals surface area contributed by atoms with Crippen LogP contribution >= 0.6 is 11.8 Å². The van der Waals surface area contributed by atoms with Gasteiger partial charge in [0, 0.05) is 22.4 Å². The zero-order valence-electron chi connectivity index (χ0n) is 20.2. The first-order valence-corrected chi connectivity index (χ1v) is 12.3. The predicted molar refractivity (Wildman–Crippen MR) is 136 cm³/mol. The number of hydrogen-bond acceptors (Lipinski definition) is 4. The summed E-state index contributed by atoms with van der Waals surface area (Å²) in [6.45, 7) is 6.81. The van der Waals surface area contributed by atoms with Gasteiger partial charge in [0.25, 0.3) is 11.8 Å². The lowest BCUT2D eigenvalue weighted by Gasteiger charge is -2.33. The fraction of sp³-hybridized carbons (Fsp3) is 0.286. The maximum absolute atomic E-state index is 14.3. The molecule has 7 heteroatoms. The second kappa shape index (κ2) is 8.41. The molecular weight excluding hydrogens is 463 g/mol. The molecule has 180 valence electrons. The number of carbonyl (C=O) groups is 2. The summed E-state index contributed by atoms with van der Waals surface area (Å²) in [7, 11) is 1.56. The monoisotopic (exact) mass is 490 g/mol. The SMILES string of the molecule is COc1cccc(C(=O)N2CC(C)(C)S[C@@]23C(=O)N(Cc2ccc(F)cc2)c2ccc(C)cc23)c1. The average Bonchev–Trinajstić information content (AvgIpc) is 3.25. The normalized spacial score (nSPS) is 20.4. The van der Waals surface area contributed by atoms with Crippen molar-refractivity contribution in [1.82, 2.24) is 4.90 Å². The van der Waals surface area contributed by atoms with E-state index in [9.17, 15) is 14.0 Å². The Balaban J connectivity index is 1.64. The molecule has 0 unspecified atom stereocenters. The minimum Gasteiger partial charge on any atom is -0.497 e. The summed E-state index contributed by atoms with van der Waals surface area (Å²) in [6.07, 6.45) is 0. The Labute approximate surface area is 208 Å². The lowest BCUT2D eigenvalue weighted by atomic mass is 10.0. The summed E-state index contributed by atoms with van der Waals surface area (Å²) in [5.74, 6) is -0.110. The van der Waals surface area contributed by atoms with Crippen molar-refractivity contribution in [3.63, 3.8) is 0 Å². The minimum atomic E-state index is -1.19. The van der Waals surface area contributed by atoms with Crippen LogP contribution in [-0.4, -0.2) is 35.1 Å². The van der Waals surface area contributed by atoms with Crippen molar-refractivity contribution in [1.29, 1.82) is 0 Å². The number of halogens is 1. The van der Waals surface area contributed by atoms with Crippen LogP contribution in [0.1, 0.15) is 40.9 Å². The number of hydrogen-bond donors (Lipinski definition) is 0. The molecule has 35 heavy (non-hydrogen) atoms. The molecule has 1 spiro atoms. The molecule has 3 aromatic rings. The lowest BCUT2D eigenvalue weighted by Crippen LogP contribution is -2.50. The van der Waals surface area contributed by atoms with E-state index < -0.39 is 4.87 Å². The molecule has 0 aliphatic carbocycles. The highest BCUT2D eigenvalue weighted by atomic mass is 32.2. The Morgan fingerprint density at radius 2 is 1.83 bits per heavy atom. The number of thioether (sulfide) groups is 1. The number of rotatable bonds is 4. The number of fused-ring (bicyclic) bond motifs is 2. The quantitative estimate of drug-likeness (QED) is 0.484. The highest BCUT2D eigenvalue weighted by molar-refractivity contribution is 8.02. The van der Waals surface area contributed by atoms with Crippen molar-refractivity contribution in [3.8, 4) is 5.75 Å². The zero-order valence-corrected chi connectivity index (χ0v) is 21.0. The van der Waals surface area contributed by atoms with Crippen LogP contribution in [0, 0.1) is 12.7 Å². The number of nitrogens with zero attached hydrogens (tertiary/aromatic N) is 2. The number of aryl methyl sites for hydroxylation is 1. The first-order chi connectivity index (χ1) is 16.6. The summed E-state index contributed by atoms with van der Waals surface area (Å²) in [5, 5.41) is 0. The molecule has 0 saturated carbocycles. The standard InChI is InChI=1S/C28H27FN2O3S/c1-18-8-13-24-23(14-18)28(26(33)30(24)16-19-9-11-21(29)12-10-19)31(17-27(2,3)35-28)25(32)20-6-5-7-22(15-20)34-4/h5-15H,16-17H2,1-4H3/t28-/m0/s1. The first-order valence-electron chi connectivity index (χ1n) is 11.5. The van der Waals surface area contributed by atoms with Crippen molar-refractivity contribution in [2.45, 2.75) is 36.9 Å². The van der Waals surface area contributed by atoms with E-state index in [1.165, 1.54) is 23.9 Å². The van der Waals surface area contributed by atoms with Gasteiger partial charge in [0.2, 0.25) is 0 Å². The number of benzene rings is 3. The highest BCUT2D eigenvalue weighted by Gasteiger charge is 2.63. The molecule has 1 saturated heterocycles. The number of amides is 2. The smallest absolute Gasteiger partial charge is 0.268 e. The third-order valence-corrected chi connectivity index (χ3v) is 8.09. The molecule has 2 heterocycles. The van der Waals surface area contributed by atoms with E-state index in [0.717, 1.165) is 22.4 Å². The van der Waals surface area contributed by atoms with Gasteiger partial charge in [0.05, 0.1) is 19.3 Å². The Kier molecular flexibility index (Phi) is 5.63. The van der Waals surface area contributed by atoms with Gasteiger partial charge in [-0.05, 0) is 62.7 Å². The highest BCUT2D eigenvalue weighted by Crippen LogP contribution is 2.60. The molecule has 0 aromatic heterocycles. The van der Waals surface area contributed by atoms with Crippen LogP contribution in [0.2, 0.25) is 0 Å². The van der Waals surface area contributed by atoms with Gasteiger partial charge < -0.3 is 14.5 Å². The summed E-state index contributed by atoms with van der Waals surface area (Å²) < 4.78 is 18.5. The second-order valence-electron chi connectivity index (χ2n) is 9.67. The van der Waals surface area contributed by atoms with Crippen molar-refractivity contribution in [2.75, 3.05) is 18.6 Å². The number of ether oxygens (including phenoxy) is 1. The van der Waals surface area contributed by atoms with Crippen molar-refractivity contribution >= 4 is 29.3 Å². The van der Waals surface area contributed by atoms with Gasteiger partial charge in [0.1, 0.15) is 11.6 Å². The Bertz CT molecular complexity index is 1320. The molecule has 0 radical (unpaired) electrons. The average molecular weight is 491 g/mol. The molecule has 1 atom stereocenters. The fourth-order valence-electron chi connectivity index (χ4n) is 4.96. The molecule has 5 nitrogen and oxygen atoms in total. The number of anilines is 1. The number of methoxy groups -OCH3 is 1. The van der Waals surface area contributed by atoms with Gasteiger partial charge in [-0.25, -0.2) is 4.39 Å². The molecule has 0 bridgehead atoms. The van der Waals surface area contributed by atoms with E-state index in [1.807, 2.05) is 25.1 Å². The van der Waals surface area contributed by atoms with Gasteiger partial charge in [-0.15, -0.1) is 11.8 Å². The number of carbonyl (C=O) groups excluding carboxylic acids is 2. The second-order valence-corrected chi connectivity index (χ2v) is 11.6. The topological polar surface area (TPSA) is 49.9 Å². The fourth-order valence-corrected chi connectivity index (χ4v) is 6.68. The van der Waals surface area contributed by atoms with E-state index >= 15 is 0 Å². The van der Waals surface area contributed by atoms with Crippen molar-refractivity contribution in [2.24, 2.45) is 0 Å². The Morgan fingerprint density at radius 1 is 1.09 bits per heavy atom. The maximum atomic E-state index is 14.3. The summed E-state index contributed by atoms with van der Waals surface area (Å²) in [6, 6.07) is 19.1. The van der Waals surface area contributed by atoms with Crippen LogP contribution in [0.25, 0.3) is 0 Å². The Hall–Kier alpha value is -3.32. The molecule has 1 fully saturated rings. The van der Waals surface area contributed by atoms with Gasteiger partial charge in [0.15, 0.2) is 4.87 Å². The van der Waals surface area contributed by atoms with Crippen LogP contribution in [0.4, 0.5) is 10.1 Å². The zero-order chi connectivity index (χ0) is 25.0. The summed E-state index contributed by atoms with van der Waals surface area (Å²) in [5.41, 5.74) is 3.89. The van der Waals surface area contributed by atoms with Gasteiger partial charge in [-0.2, -0.15) is 0 Å². The van der Waals surface area contributed by atoms with Crippen LogP contribution in [0.15, 0.2) is 66.7 Å². The van der Waals surface area contributed by atoms with E-state index in [-0.39, 0.29) is 22.4 Å². The molecule has 2 aliphatic heterocycles. The Morgan fingerprint density at radius 3 is 2.54 bits per heavy atom. The predicted octanol–water partition coefficient (Wildman–Crippen LogP) is 5.51. The van der Waals surface area contributed by atoms with Crippen LogP contribution < -0.4 is 9.64 Å². The van der Waals surface area contributed by atoms with Crippen LogP contribution in [0.3, 0.4) is 0 Å². The van der Waals surface area contributed by atoms with Crippen molar-refractivity contribution < 1.29 is 18.7 Å². The summed E-state index contributed by atoms with van der Waals surface area (Å²) >= 11 is 1.52. The van der Waals surface area contributed by atoms with E-state index in [2.05, 4.69) is 13.8 Å². The molecule has 3 aromatic carbocycles. The molecule has 2 amide bonds. The lowest BCUT2D eigenvalue weighted by molar-refractivity contribution is -0.123. The minimum absolute atomic E-state index is 0.158. The van der Waals surface area contributed by atoms with E-state index in [0.29, 0.717) is 24.4 Å². The van der Waals surface area contributed by atoms with Crippen molar-refractivity contribution in [3.05, 3.63) is 94.8 Å². The third-order valence-electron chi connectivity index (χ3n) is 6.50. The first kappa shape index (κ1) is 23.4. The third kappa shape index (κ3) is 3.88. The van der Waals surface area contributed by atoms with Gasteiger partial charge in [-0.1, -0.05) is 35.9 Å². The summed E-state index contributed by atoms with van der Waals surface area (Å²) in [4.78, 5) is 30.5. The van der Waals surface area contributed by atoms with E-state index in [4.69, 9.17) is 4.74 Å². The largest absolute Gasteiger partial charge is 0.497 e. The molecular formula is C28H27FN2O3S. The molecule has 5 rings (SSSR count).